The summed E-state index contributed by atoms with van der Waals surface area (Å²) in [6, 6.07) is 9.41. The highest BCUT2D eigenvalue weighted by atomic mass is 79.9. The second-order valence-electron chi connectivity index (χ2n) is 4.67. The highest BCUT2D eigenvalue weighted by molar-refractivity contribution is 9.10. The Morgan fingerprint density at radius 3 is 2.71 bits per heavy atom. The molecule has 2 N–H and O–H groups in total. The van der Waals surface area contributed by atoms with Gasteiger partial charge in [-0.15, -0.1) is 0 Å². The molecule has 21 heavy (non-hydrogen) atoms. The van der Waals surface area contributed by atoms with E-state index in [9.17, 15) is 14.3 Å². The molecule has 0 saturated carbocycles. The van der Waals surface area contributed by atoms with E-state index in [0.29, 0.717) is 27.0 Å². The molecule has 0 fully saturated rings. The first-order chi connectivity index (χ1) is 10.0. The van der Waals surface area contributed by atoms with Crippen molar-refractivity contribution in [3.63, 3.8) is 0 Å². The zero-order valence-corrected chi connectivity index (χ0v) is 12.4. The van der Waals surface area contributed by atoms with Gasteiger partial charge in [0, 0.05) is 0 Å². The predicted octanol–water partition coefficient (Wildman–Crippen LogP) is 3.00. The van der Waals surface area contributed by atoms with Crippen LogP contribution in [0.25, 0.3) is 0 Å². The van der Waals surface area contributed by atoms with Gasteiger partial charge in [0.1, 0.15) is 17.7 Å². The Morgan fingerprint density at radius 1 is 1.24 bits per heavy atom. The largest absolute Gasteiger partial charge is 0.482 e. The molecule has 108 valence electrons. The minimum Gasteiger partial charge on any atom is -0.482 e. The van der Waals surface area contributed by atoms with Gasteiger partial charge < -0.3 is 15.2 Å². The van der Waals surface area contributed by atoms with E-state index >= 15 is 0 Å². The number of rotatable bonds is 2. The van der Waals surface area contributed by atoms with E-state index in [-0.39, 0.29) is 12.5 Å². The molecule has 0 radical (unpaired) electrons. The molecule has 1 aliphatic heterocycles. The Bertz CT molecular complexity index is 720. The summed E-state index contributed by atoms with van der Waals surface area (Å²) in [5.74, 6) is -0.141. The monoisotopic (exact) mass is 351 g/mol. The van der Waals surface area contributed by atoms with Crippen molar-refractivity contribution in [2.45, 2.75) is 6.10 Å². The molecule has 1 unspecified atom stereocenters. The third-order valence-corrected chi connectivity index (χ3v) is 3.85. The van der Waals surface area contributed by atoms with Gasteiger partial charge in [0.15, 0.2) is 6.61 Å². The number of carbonyl (C=O) groups is 1. The van der Waals surface area contributed by atoms with E-state index in [0.717, 1.165) is 0 Å². The summed E-state index contributed by atoms with van der Waals surface area (Å²) >= 11 is 3.07. The number of carbonyl (C=O) groups excluding carboxylic acids is 1. The average Bonchev–Trinajstić information content (AvgIpc) is 2.48. The van der Waals surface area contributed by atoms with Gasteiger partial charge in [-0.3, -0.25) is 4.79 Å². The topological polar surface area (TPSA) is 58.6 Å². The molecule has 0 aliphatic carbocycles. The van der Waals surface area contributed by atoms with Crippen molar-refractivity contribution in [3.8, 4) is 5.75 Å². The minimum absolute atomic E-state index is 0.0210. The number of nitrogens with one attached hydrogen (secondary N) is 1. The molecular formula is C15H11BrFNO3. The molecule has 2 aromatic rings. The lowest BCUT2D eigenvalue weighted by molar-refractivity contribution is -0.118. The molecule has 1 heterocycles. The molecule has 1 amide bonds. The molecule has 0 saturated heterocycles. The van der Waals surface area contributed by atoms with Gasteiger partial charge in [0.05, 0.1) is 10.2 Å². The smallest absolute Gasteiger partial charge is 0.262 e. The van der Waals surface area contributed by atoms with Gasteiger partial charge in [-0.2, -0.15) is 0 Å². The number of aliphatic hydroxyl groups is 1. The standard InChI is InChI=1S/C15H11BrFNO3/c16-10-3-1-8(5-11(10)17)15(20)9-2-4-13-12(6-9)18-14(19)7-21-13/h1-6,15,20H,7H2,(H,18,19). The number of aliphatic hydroxyl groups excluding tert-OH is 1. The van der Waals surface area contributed by atoms with E-state index in [1.807, 2.05) is 0 Å². The van der Waals surface area contributed by atoms with Crippen LogP contribution in [-0.2, 0) is 4.79 Å². The maximum atomic E-state index is 13.5. The summed E-state index contributed by atoms with van der Waals surface area (Å²) in [4.78, 5) is 11.3. The van der Waals surface area contributed by atoms with Gasteiger partial charge in [-0.05, 0) is 51.3 Å². The fourth-order valence-corrected chi connectivity index (χ4v) is 2.39. The minimum atomic E-state index is -0.989. The molecular weight excluding hydrogens is 341 g/mol. The first-order valence-electron chi connectivity index (χ1n) is 6.24. The molecule has 4 nitrogen and oxygen atoms in total. The highest BCUT2D eigenvalue weighted by Crippen LogP contribution is 2.33. The number of anilines is 1. The van der Waals surface area contributed by atoms with Gasteiger partial charge in [-0.25, -0.2) is 4.39 Å². The lowest BCUT2D eigenvalue weighted by atomic mass is 10.0. The van der Waals surface area contributed by atoms with E-state index in [1.54, 1.807) is 24.3 Å². The average molecular weight is 352 g/mol. The normalized spacial score (nSPS) is 14.9. The number of ether oxygens (including phenoxy) is 1. The number of benzene rings is 2. The first kappa shape index (κ1) is 14.0. The van der Waals surface area contributed by atoms with Crippen molar-refractivity contribution < 1.29 is 19.0 Å². The van der Waals surface area contributed by atoms with Crippen molar-refractivity contribution in [2.24, 2.45) is 0 Å². The maximum Gasteiger partial charge on any atom is 0.262 e. The zero-order valence-electron chi connectivity index (χ0n) is 10.8. The predicted molar refractivity (Wildman–Crippen MR) is 78.7 cm³/mol. The van der Waals surface area contributed by atoms with Crippen LogP contribution in [0.4, 0.5) is 10.1 Å². The van der Waals surface area contributed by atoms with Crippen molar-refractivity contribution in [1.82, 2.24) is 0 Å². The maximum absolute atomic E-state index is 13.5. The van der Waals surface area contributed by atoms with E-state index in [4.69, 9.17) is 4.74 Å². The first-order valence-corrected chi connectivity index (χ1v) is 7.03. The van der Waals surface area contributed by atoms with Crippen molar-refractivity contribution in [1.29, 1.82) is 0 Å². The zero-order chi connectivity index (χ0) is 15.0. The van der Waals surface area contributed by atoms with Crippen LogP contribution in [-0.4, -0.2) is 17.6 Å². The van der Waals surface area contributed by atoms with Crippen LogP contribution in [0.15, 0.2) is 40.9 Å². The summed E-state index contributed by atoms with van der Waals surface area (Å²) in [6.45, 7) is -0.0210. The molecule has 2 aromatic carbocycles. The molecule has 3 rings (SSSR count). The van der Waals surface area contributed by atoms with E-state index in [1.165, 1.54) is 12.1 Å². The number of amides is 1. The fraction of sp³-hybridized carbons (Fsp3) is 0.133. The van der Waals surface area contributed by atoms with Crippen LogP contribution in [0.2, 0.25) is 0 Å². The van der Waals surface area contributed by atoms with Crippen LogP contribution in [0, 0.1) is 5.82 Å². The Balaban J connectivity index is 1.94. The summed E-state index contributed by atoms with van der Waals surface area (Å²) < 4.78 is 19.1. The van der Waals surface area contributed by atoms with Crippen LogP contribution in [0.3, 0.4) is 0 Å². The third-order valence-electron chi connectivity index (χ3n) is 3.21. The van der Waals surface area contributed by atoms with Crippen molar-refractivity contribution in [3.05, 3.63) is 57.8 Å². The lowest BCUT2D eigenvalue weighted by Crippen LogP contribution is -2.25. The van der Waals surface area contributed by atoms with Crippen molar-refractivity contribution >= 4 is 27.5 Å². The van der Waals surface area contributed by atoms with E-state index in [2.05, 4.69) is 21.2 Å². The third kappa shape index (κ3) is 2.77. The fourth-order valence-electron chi connectivity index (χ4n) is 2.15. The number of hydrogen-bond donors (Lipinski definition) is 2. The van der Waals surface area contributed by atoms with Gasteiger partial charge in [0.2, 0.25) is 0 Å². The summed E-state index contributed by atoms with van der Waals surface area (Å²) in [7, 11) is 0. The van der Waals surface area contributed by atoms with Gasteiger partial charge >= 0.3 is 0 Å². The molecule has 1 atom stereocenters. The van der Waals surface area contributed by atoms with Crippen LogP contribution in [0.1, 0.15) is 17.2 Å². The molecule has 0 aromatic heterocycles. The summed E-state index contributed by atoms with van der Waals surface area (Å²) in [5, 5.41) is 13.0. The Kier molecular flexibility index (Phi) is 3.65. The second-order valence-corrected chi connectivity index (χ2v) is 5.52. The highest BCUT2D eigenvalue weighted by Gasteiger charge is 2.19. The van der Waals surface area contributed by atoms with Crippen LogP contribution >= 0.6 is 15.9 Å². The number of halogens is 2. The van der Waals surface area contributed by atoms with Gasteiger partial charge in [0.25, 0.3) is 5.91 Å². The molecule has 1 aliphatic rings. The van der Waals surface area contributed by atoms with Crippen LogP contribution in [0.5, 0.6) is 5.75 Å². The molecule has 0 bridgehead atoms. The molecule has 0 spiro atoms. The lowest BCUT2D eigenvalue weighted by Gasteiger charge is -2.20. The second kappa shape index (κ2) is 5.46. The Hall–Kier alpha value is -1.92. The van der Waals surface area contributed by atoms with Gasteiger partial charge in [-0.1, -0.05) is 12.1 Å². The molecule has 6 heteroatoms. The Labute approximate surface area is 128 Å². The summed E-state index contributed by atoms with van der Waals surface area (Å²) in [5.41, 5.74) is 1.47. The van der Waals surface area contributed by atoms with Crippen LogP contribution < -0.4 is 10.1 Å². The number of hydrogen-bond acceptors (Lipinski definition) is 3. The quantitative estimate of drug-likeness (QED) is 0.874. The number of fused-ring (bicyclic) bond motifs is 1. The SMILES string of the molecule is O=C1COc2ccc(C(O)c3ccc(Br)c(F)c3)cc2N1. The van der Waals surface area contributed by atoms with E-state index < -0.39 is 11.9 Å². The Morgan fingerprint density at radius 2 is 1.95 bits per heavy atom. The van der Waals surface area contributed by atoms with Crippen molar-refractivity contribution in [2.75, 3.05) is 11.9 Å². The summed E-state index contributed by atoms with van der Waals surface area (Å²) in [6.07, 6.45) is -0.989.